The number of carbonyl (C=O) groups excluding carboxylic acids is 1. The Morgan fingerprint density at radius 2 is 2.08 bits per heavy atom. The number of rotatable bonds is 5. The van der Waals surface area contributed by atoms with Gasteiger partial charge in [0.1, 0.15) is 0 Å². The maximum atomic E-state index is 11.2. The summed E-state index contributed by atoms with van der Waals surface area (Å²) in [6.07, 6.45) is 1.78. The standard InChI is InChI=1S/C10H19NO/c1-5-6-9(4)10(12)11-7-8(2)3/h8H,4-7H2,1-3H3,(H,11,12). The third-order valence-corrected chi connectivity index (χ3v) is 1.54. The average molecular weight is 169 g/mol. The lowest BCUT2D eigenvalue weighted by Crippen LogP contribution is -2.28. The molecule has 0 aromatic rings. The van der Waals surface area contributed by atoms with Crippen LogP contribution in [0.4, 0.5) is 0 Å². The van der Waals surface area contributed by atoms with Gasteiger partial charge in [-0.2, -0.15) is 0 Å². The molecule has 0 atom stereocenters. The highest BCUT2D eigenvalue weighted by atomic mass is 16.1. The fourth-order valence-corrected chi connectivity index (χ4v) is 0.837. The van der Waals surface area contributed by atoms with E-state index in [1.54, 1.807) is 0 Å². The van der Waals surface area contributed by atoms with E-state index in [1.807, 2.05) is 6.92 Å². The predicted octanol–water partition coefficient (Wildman–Crippen LogP) is 2.11. The van der Waals surface area contributed by atoms with Crippen molar-refractivity contribution in [3.8, 4) is 0 Å². The number of nitrogens with one attached hydrogen (secondary N) is 1. The first-order valence-corrected chi connectivity index (χ1v) is 4.53. The molecule has 70 valence electrons. The molecule has 1 amide bonds. The van der Waals surface area contributed by atoms with Crippen LogP contribution in [-0.4, -0.2) is 12.5 Å². The summed E-state index contributed by atoms with van der Waals surface area (Å²) in [5.74, 6) is 0.508. The van der Waals surface area contributed by atoms with Gasteiger partial charge in [0.25, 0.3) is 0 Å². The van der Waals surface area contributed by atoms with Gasteiger partial charge in [-0.3, -0.25) is 4.79 Å². The van der Waals surface area contributed by atoms with Gasteiger partial charge in [0.15, 0.2) is 0 Å². The molecule has 0 saturated heterocycles. The van der Waals surface area contributed by atoms with Gasteiger partial charge in [0.05, 0.1) is 0 Å². The lowest BCUT2D eigenvalue weighted by molar-refractivity contribution is -0.117. The van der Waals surface area contributed by atoms with Gasteiger partial charge in [-0.1, -0.05) is 33.8 Å². The van der Waals surface area contributed by atoms with E-state index in [9.17, 15) is 4.79 Å². The predicted molar refractivity (Wildman–Crippen MR) is 51.9 cm³/mol. The number of amides is 1. The first kappa shape index (κ1) is 11.2. The van der Waals surface area contributed by atoms with Gasteiger partial charge in [-0.25, -0.2) is 0 Å². The van der Waals surface area contributed by atoms with Crippen LogP contribution in [0, 0.1) is 5.92 Å². The first-order valence-electron chi connectivity index (χ1n) is 4.53. The van der Waals surface area contributed by atoms with Crippen LogP contribution in [0.2, 0.25) is 0 Å². The number of carbonyl (C=O) groups is 1. The Balaban J connectivity index is 3.65. The van der Waals surface area contributed by atoms with Crippen LogP contribution < -0.4 is 5.32 Å². The highest BCUT2D eigenvalue weighted by Gasteiger charge is 2.04. The molecule has 0 radical (unpaired) electrons. The molecule has 1 N–H and O–H groups in total. The van der Waals surface area contributed by atoms with E-state index in [-0.39, 0.29) is 5.91 Å². The molecule has 0 rings (SSSR count). The molecule has 0 aliphatic rings. The SMILES string of the molecule is C=C(CCC)C(=O)NCC(C)C. The van der Waals surface area contributed by atoms with Crippen molar-refractivity contribution in [2.24, 2.45) is 5.92 Å². The van der Waals surface area contributed by atoms with E-state index in [0.717, 1.165) is 19.4 Å². The minimum absolute atomic E-state index is 0.00514. The lowest BCUT2D eigenvalue weighted by atomic mass is 10.1. The lowest BCUT2D eigenvalue weighted by Gasteiger charge is -2.08. The Labute approximate surface area is 75.0 Å². The molecule has 0 spiro atoms. The molecule has 0 aliphatic heterocycles. The van der Waals surface area contributed by atoms with Gasteiger partial charge in [0.2, 0.25) is 5.91 Å². The molecule has 0 aromatic heterocycles. The van der Waals surface area contributed by atoms with Crippen LogP contribution in [0.15, 0.2) is 12.2 Å². The van der Waals surface area contributed by atoms with E-state index < -0.39 is 0 Å². The second-order valence-corrected chi connectivity index (χ2v) is 3.46. The van der Waals surface area contributed by atoms with Crippen molar-refractivity contribution in [3.63, 3.8) is 0 Å². The summed E-state index contributed by atoms with van der Waals surface area (Å²) in [5, 5.41) is 2.83. The molecule has 2 heteroatoms. The molecule has 0 fully saturated rings. The summed E-state index contributed by atoms with van der Waals surface area (Å²) in [5.41, 5.74) is 0.693. The minimum atomic E-state index is 0.00514. The molecule has 0 aromatic carbocycles. The smallest absolute Gasteiger partial charge is 0.246 e. The fraction of sp³-hybridized carbons (Fsp3) is 0.700. The average Bonchev–Trinajstić information content (AvgIpc) is 2.00. The largest absolute Gasteiger partial charge is 0.352 e. The summed E-state index contributed by atoms with van der Waals surface area (Å²) >= 11 is 0. The molecule has 12 heavy (non-hydrogen) atoms. The van der Waals surface area contributed by atoms with E-state index in [2.05, 4.69) is 25.7 Å². The third kappa shape index (κ3) is 4.94. The monoisotopic (exact) mass is 169 g/mol. The Bertz CT molecular complexity index is 161. The molecule has 0 heterocycles. The summed E-state index contributed by atoms with van der Waals surface area (Å²) in [4.78, 5) is 11.2. The molecular formula is C10H19NO. The molecule has 0 saturated carbocycles. The number of hydrogen-bond donors (Lipinski definition) is 1. The Hall–Kier alpha value is -0.790. The van der Waals surface area contributed by atoms with E-state index in [4.69, 9.17) is 0 Å². The van der Waals surface area contributed by atoms with E-state index >= 15 is 0 Å². The normalized spacial score (nSPS) is 10.0. The summed E-state index contributed by atoms with van der Waals surface area (Å²) in [6.45, 7) is 10.6. The minimum Gasteiger partial charge on any atom is -0.352 e. The van der Waals surface area contributed by atoms with E-state index in [1.165, 1.54) is 0 Å². The van der Waals surface area contributed by atoms with Gasteiger partial charge in [-0.15, -0.1) is 0 Å². The number of hydrogen-bond acceptors (Lipinski definition) is 1. The van der Waals surface area contributed by atoms with Gasteiger partial charge >= 0.3 is 0 Å². The first-order chi connectivity index (χ1) is 5.57. The van der Waals surface area contributed by atoms with Crippen LogP contribution in [-0.2, 0) is 4.79 Å². The zero-order chi connectivity index (χ0) is 9.56. The maximum absolute atomic E-state index is 11.2. The summed E-state index contributed by atoms with van der Waals surface area (Å²) < 4.78 is 0. The van der Waals surface area contributed by atoms with Crippen LogP contribution >= 0.6 is 0 Å². The third-order valence-electron chi connectivity index (χ3n) is 1.54. The van der Waals surface area contributed by atoms with Crippen molar-refractivity contribution in [1.29, 1.82) is 0 Å². The van der Waals surface area contributed by atoms with Crippen LogP contribution in [0.25, 0.3) is 0 Å². The fourth-order valence-electron chi connectivity index (χ4n) is 0.837. The van der Waals surface area contributed by atoms with Crippen molar-refractivity contribution in [1.82, 2.24) is 5.32 Å². The maximum Gasteiger partial charge on any atom is 0.246 e. The zero-order valence-corrected chi connectivity index (χ0v) is 8.31. The molecule has 0 unspecified atom stereocenters. The Morgan fingerprint density at radius 1 is 1.50 bits per heavy atom. The molecule has 2 nitrogen and oxygen atoms in total. The molecular weight excluding hydrogens is 150 g/mol. The van der Waals surface area contributed by atoms with Crippen LogP contribution in [0.1, 0.15) is 33.6 Å². The van der Waals surface area contributed by atoms with Crippen molar-refractivity contribution < 1.29 is 4.79 Å². The van der Waals surface area contributed by atoms with Crippen molar-refractivity contribution in [2.45, 2.75) is 33.6 Å². The highest BCUT2D eigenvalue weighted by molar-refractivity contribution is 5.92. The van der Waals surface area contributed by atoms with Crippen molar-refractivity contribution >= 4 is 5.91 Å². The van der Waals surface area contributed by atoms with Gasteiger partial charge < -0.3 is 5.32 Å². The quantitative estimate of drug-likeness (QED) is 0.627. The van der Waals surface area contributed by atoms with E-state index in [0.29, 0.717) is 11.5 Å². The summed E-state index contributed by atoms with van der Waals surface area (Å²) in [7, 11) is 0. The topological polar surface area (TPSA) is 29.1 Å². The molecule has 0 bridgehead atoms. The second-order valence-electron chi connectivity index (χ2n) is 3.46. The molecule has 0 aliphatic carbocycles. The second kappa shape index (κ2) is 5.81. The van der Waals surface area contributed by atoms with Crippen LogP contribution in [0.3, 0.4) is 0 Å². The summed E-state index contributed by atoms with van der Waals surface area (Å²) in [6, 6.07) is 0. The Kier molecular flexibility index (Phi) is 5.43. The van der Waals surface area contributed by atoms with Gasteiger partial charge in [-0.05, 0) is 12.3 Å². The Morgan fingerprint density at radius 3 is 2.50 bits per heavy atom. The van der Waals surface area contributed by atoms with Crippen molar-refractivity contribution in [2.75, 3.05) is 6.54 Å². The van der Waals surface area contributed by atoms with Crippen LogP contribution in [0.5, 0.6) is 0 Å². The zero-order valence-electron chi connectivity index (χ0n) is 8.31. The van der Waals surface area contributed by atoms with Crippen molar-refractivity contribution in [3.05, 3.63) is 12.2 Å². The highest BCUT2D eigenvalue weighted by Crippen LogP contribution is 2.01. The van der Waals surface area contributed by atoms with Gasteiger partial charge in [0, 0.05) is 12.1 Å².